The second-order valence-electron chi connectivity index (χ2n) is 6.83. The van der Waals surface area contributed by atoms with Crippen LogP contribution in [0.5, 0.6) is 17.2 Å². The summed E-state index contributed by atoms with van der Waals surface area (Å²) in [6, 6.07) is 3.69. The van der Waals surface area contributed by atoms with Crippen molar-refractivity contribution in [2.45, 2.75) is 39.0 Å². The molecule has 0 fully saturated rings. The number of anilines is 1. The molecule has 1 heterocycles. The Labute approximate surface area is 158 Å². The smallest absolute Gasteiger partial charge is 0.226 e. The predicted octanol–water partition coefficient (Wildman–Crippen LogP) is 4.04. The number of nitrogens with zero attached hydrogens (tertiary/aromatic N) is 1. The van der Waals surface area contributed by atoms with Crippen LogP contribution in [0, 0.1) is 0 Å². The summed E-state index contributed by atoms with van der Waals surface area (Å²) in [4.78, 5) is 16.8. The molecule has 1 aromatic heterocycles. The fraction of sp³-hybridized carbons (Fsp3) is 0.474. The summed E-state index contributed by atoms with van der Waals surface area (Å²) in [6.45, 7) is 6.28. The van der Waals surface area contributed by atoms with Gasteiger partial charge in [0, 0.05) is 17.2 Å². The van der Waals surface area contributed by atoms with E-state index in [9.17, 15) is 4.79 Å². The minimum absolute atomic E-state index is 0.0352. The summed E-state index contributed by atoms with van der Waals surface area (Å²) in [5, 5.41) is 5.47. The van der Waals surface area contributed by atoms with Gasteiger partial charge in [-0.05, 0) is 18.1 Å². The zero-order valence-electron chi connectivity index (χ0n) is 16.1. The van der Waals surface area contributed by atoms with Crippen LogP contribution in [0.1, 0.15) is 38.4 Å². The third kappa shape index (κ3) is 4.66. The summed E-state index contributed by atoms with van der Waals surface area (Å²) in [5.74, 6) is 1.62. The Morgan fingerprint density at radius 3 is 2.35 bits per heavy atom. The molecule has 0 saturated carbocycles. The lowest BCUT2D eigenvalue weighted by Crippen LogP contribution is -2.14. The fourth-order valence-corrected chi connectivity index (χ4v) is 3.42. The molecule has 2 aromatic rings. The fourth-order valence-electron chi connectivity index (χ4n) is 2.47. The molecule has 0 bridgehead atoms. The van der Waals surface area contributed by atoms with Gasteiger partial charge in [0.25, 0.3) is 0 Å². The molecule has 0 spiro atoms. The Morgan fingerprint density at radius 1 is 1.12 bits per heavy atom. The van der Waals surface area contributed by atoms with Crippen LogP contribution in [-0.4, -0.2) is 32.2 Å². The van der Waals surface area contributed by atoms with Crippen molar-refractivity contribution in [3.8, 4) is 17.2 Å². The Hall–Kier alpha value is -2.28. The van der Waals surface area contributed by atoms with Crippen molar-refractivity contribution in [2.75, 3.05) is 26.6 Å². The van der Waals surface area contributed by atoms with Crippen molar-refractivity contribution in [3.63, 3.8) is 0 Å². The lowest BCUT2D eigenvalue weighted by atomic mass is 9.93. The van der Waals surface area contributed by atoms with Gasteiger partial charge in [-0.3, -0.25) is 4.79 Å². The van der Waals surface area contributed by atoms with Gasteiger partial charge in [-0.2, -0.15) is 0 Å². The van der Waals surface area contributed by atoms with Gasteiger partial charge in [0.1, 0.15) is 0 Å². The van der Waals surface area contributed by atoms with Gasteiger partial charge in [-0.15, -0.1) is 11.3 Å². The molecule has 1 amide bonds. The first-order chi connectivity index (χ1) is 12.3. The maximum absolute atomic E-state index is 12.3. The normalized spacial score (nSPS) is 11.2. The topological polar surface area (TPSA) is 69.7 Å². The molecule has 142 valence electrons. The highest BCUT2D eigenvalue weighted by atomic mass is 32.1. The minimum atomic E-state index is -0.0864. The standard InChI is InChI=1S/C19H26N2O4S/c1-19(2,3)14-11-26-18(20-14)21-15(22)10-8-12-7-9-13(23-4)17(25-6)16(12)24-5/h7,9,11H,8,10H2,1-6H3,(H,20,21,22). The number of carbonyl (C=O) groups is 1. The van der Waals surface area contributed by atoms with Crippen LogP contribution in [-0.2, 0) is 16.6 Å². The lowest BCUT2D eigenvalue weighted by Gasteiger charge is -2.15. The van der Waals surface area contributed by atoms with E-state index >= 15 is 0 Å². The highest BCUT2D eigenvalue weighted by Gasteiger charge is 2.19. The molecule has 1 aromatic carbocycles. The van der Waals surface area contributed by atoms with Crippen LogP contribution in [0.15, 0.2) is 17.5 Å². The minimum Gasteiger partial charge on any atom is -0.493 e. The monoisotopic (exact) mass is 378 g/mol. The van der Waals surface area contributed by atoms with Crippen molar-refractivity contribution in [1.82, 2.24) is 4.98 Å². The third-order valence-electron chi connectivity index (χ3n) is 3.93. The quantitative estimate of drug-likeness (QED) is 0.787. The maximum Gasteiger partial charge on any atom is 0.226 e. The number of nitrogens with one attached hydrogen (secondary N) is 1. The number of thiazole rings is 1. The van der Waals surface area contributed by atoms with Crippen LogP contribution < -0.4 is 19.5 Å². The van der Waals surface area contributed by atoms with E-state index in [1.807, 2.05) is 17.5 Å². The number of carbonyl (C=O) groups excluding carboxylic acids is 1. The van der Waals surface area contributed by atoms with Crippen molar-refractivity contribution in [1.29, 1.82) is 0 Å². The Kier molecular flexibility index (Phi) is 6.47. The first-order valence-corrected chi connectivity index (χ1v) is 9.21. The van der Waals surface area contributed by atoms with E-state index in [-0.39, 0.29) is 11.3 Å². The Bertz CT molecular complexity index is 765. The van der Waals surface area contributed by atoms with Crippen molar-refractivity contribution < 1.29 is 19.0 Å². The second kappa shape index (κ2) is 8.40. The van der Waals surface area contributed by atoms with Gasteiger partial charge in [-0.25, -0.2) is 4.98 Å². The summed E-state index contributed by atoms with van der Waals surface area (Å²) in [6.07, 6.45) is 0.836. The maximum atomic E-state index is 12.3. The second-order valence-corrected chi connectivity index (χ2v) is 7.69. The molecule has 7 heteroatoms. The molecule has 0 saturated heterocycles. The number of ether oxygens (including phenoxy) is 3. The van der Waals surface area contributed by atoms with E-state index in [1.165, 1.54) is 11.3 Å². The van der Waals surface area contributed by atoms with Crippen LogP contribution in [0.2, 0.25) is 0 Å². The molecule has 2 rings (SSSR count). The average Bonchev–Trinajstić information content (AvgIpc) is 3.07. The molecular formula is C19H26N2O4S. The molecule has 0 radical (unpaired) electrons. The van der Waals surface area contributed by atoms with Gasteiger partial charge in [0.15, 0.2) is 16.6 Å². The highest BCUT2D eigenvalue weighted by Crippen LogP contribution is 2.40. The average molecular weight is 378 g/mol. The summed E-state index contributed by atoms with van der Waals surface area (Å²) in [7, 11) is 4.71. The molecule has 1 N–H and O–H groups in total. The van der Waals surface area contributed by atoms with Crippen LogP contribution in [0.4, 0.5) is 5.13 Å². The summed E-state index contributed by atoms with van der Waals surface area (Å²) < 4.78 is 16.1. The van der Waals surface area contributed by atoms with E-state index in [0.29, 0.717) is 35.2 Å². The highest BCUT2D eigenvalue weighted by molar-refractivity contribution is 7.13. The molecule has 0 unspecified atom stereocenters. The largest absolute Gasteiger partial charge is 0.493 e. The first-order valence-electron chi connectivity index (χ1n) is 8.33. The molecule has 0 aliphatic rings. The number of aromatic nitrogens is 1. The summed E-state index contributed by atoms with van der Waals surface area (Å²) in [5.41, 5.74) is 1.82. The van der Waals surface area contributed by atoms with Crippen LogP contribution >= 0.6 is 11.3 Å². The number of amides is 1. The van der Waals surface area contributed by atoms with E-state index < -0.39 is 0 Å². The number of methoxy groups -OCH3 is 3. The molecule has 0 aliphatic heterocycles. The first kappa shape index (κ1) is 20.0. The number of aryl methyl sites for hydroxylation is 1. The third-order valence-corrected chi connectivity index (χ3v) is 4.68. The van der Waals surface area contributed by atoms with Crippen molar-refractivity contribution in [3.05, 3.63) is 28.8 Å². The number of hydrogen-bond donors (Lipinski definition) is 1. The zero-order valence-corrected chi connectivity index (χ0v) is 17.0. The van der Waals surface area contributed by atoms with Gasteiger partial charge >= 0.3 is 0 Å². The zero-order chi connectivity index (χ0) is 19.3. The van der Waals surface area contributed by atoms with Crippen LogP contribution in [0.3, 0.4) is 0 Å². The Morgan fingerprint density at radius 2 is 1.81 bits per heavy atom. The van der Waals surface area contributed by atoms with Gasteiger partial charge in [0.2, 0.25) is 11.7 Å². The van der Waals surface area contributed by atoms with E-state index in [1.54, 1.807) is 21.3 Å². The summed E-state index contributed by atoms with van der Waals surface area (Å²) >= 11 is 1.44. The van der Waals surface area contributed by atoms with E-state index in [4.69, 9.17) is 14.2 Å². The molecule has 0 atom stereocenters. The SMILES string of the molecule is COc1ccc(CCC(=O)Nc2nc(C(C)(C)C)cs2)c(OC)c1OC. The predicted molar refractivity (Wildman–Crippen MR) is 104 cm³/mol. The Balaban J connectivity index is 2.04. The molecule has 26 heavy (non-hydrogen) atoms. The number of rotatable bonds is 7. The van der Waals surface area contributed by atoms with Crippen LogP contribution in [0.25, 0.3) is 0 Å². The van der Waals surface area contributed by atoms with E-state index in [0.717, 1.165) is 11.3 Å². The molecular weight excluding hydrogens is 352 g/mol. The van der Waals surface area contributed by atoms with Crippen molar-refractivity contribution in [2.24, 2.45) is 0 Å². The molecule has 6 nitrogen and oxygen atoms in total. The lowest BCUT2D eigenvalue weighted by molar-refractivity contribution is -0.116. The number of benzene rings is 1. The van der Waals surface area contributed by atoms with Crippen molar-refractivity contribution >= 4 is 22.4 Å². The van der Waals surface area contributed by atoms with Gasteiger partial charge < -0.3 is 19.5 Å². The van der Waals surface area contributed by atoms with Gasteiger partial charge in [0.05, 0.1) is 27.0 Å². The molecule has 0 aliphatic carbocycles. The number of hydrogen-bond acceptors (Lipinski definition) is 6. The van der Waals surface area contributed by atoms with E-state index in [2.05, 4.69) is 31.1 Å². The van der Waals surface area contributed by atoms with Gasteiger partial charge in [-0.1, -0.05) is 26.8 Å².